The van der Waals surface area contributed by atoms with Crippen LogP contribution in [0.25, 0.3) is 0 Å². The molecular formula is C20H26FN3O2. The Morgan fingerprint density at radius 2 is 1.85 bits per heavy atom. The lowest BCUT2D eigenvalue weighted by atomic mass is 9.82. The fourth-order valence-electron chi connectivity index (χ4n) is 2.68. The van der Waals surface area contributed by atoms with Crippen LogP contribution in [0.5, 0.6) is 0 Å². The highest BCUT2D eigenvalue weighted by atomic mass is 19.1. The van der Waals surface area contributed by atoms with Crippen LogP contribution in [0.3, 0.4) is 0 Å². The van der Waals surface area contributed by atoms with E-state index in [1.165, 1.54) is 12.1 Å². The molecule has 1 aliphatic carbocycles. The van der Waals surface area contributed by atoms with Crippen LogP contribution in [0.1, 0.15) is 58.1 Å². The fourth-order valence-corrected chi connectivity index (χ4v) is 2.68. The zero-order chi connectivity index (χ0) is 19.5. The van der Waals surface area contributed by atoms with Gasteiger partial charge in [-0.15, -0.1) is 0 Å². The van der Waals surface area contributed by atoms with E-state index in [2.05, 4.69) is 10.6 Å². The summed E-state index contributed by atoms with van der Waals surface area (Å²) in [6.45, 7) is 7.07. The summed E-state index contributed by atoms with van der Waals surface area (Å²) in [6.07, 6.45) is 3.14. The minimum atomic E-state index is -1.03. The first-order valence-corrected chi connectivity index (χ1v) is 8.87. The number of hydrogen-bond acceptors (Lipinski definition) is 3. The van der Waals surface area contributed by atoms with E-state index in [4.69, 9.17) is 5.26 Å². The molecule has 1 aliphatic rings. The van der Waals surface area contributed by atoms with Crippen molar-refractivity contribution in [2.24, 2.45) is 5.41 Å². The number of hydrogen-bond donors (Lipinski definition) is 2. The summed E-state index contributed by atoms with van der Waals surface area (Å²) in [7, 11) is 0. The molecule has 0 aliphatic heterocycles. The standard InChI is InChI=1S/C20H26FN3O2/c1-19(2,17(25)24-16-6-5-7-16)12-23-18(26)20(3,4)14-8-13(11-22)9-15(21)10-14/h8-10,16H,5-7,12H2,1-4H3,(H,23,26)(H,24,25). The fraction of sp³-hybridized carbons (Fsp3) is 0.550. The SMILES string of the molecule is CC(C)(CNC(=O)C(C)(C)c1cc(F)cc(C#N)c1)C(=O)NC1CCC1. The van der Waals surface area contributed by atoms with E-state index in [0.717, 1.165) is 25.3 Å². The van der Waals surface area contributed by atoms with Crippen molar-refractivity contribution < 1.29 is 14.0 Å². The number of carbonyl (C=O) groups excluding carboxylic acids is 2. The molecule has 0 aromatic heterocycles. The Labute approximate surface area is 154 Å². The van der Waals surface area contributed by atoms with Crippen molar-refractivity contribution in [3.05, 3.63) is 35.1 Å². The Kier molecular flexibility index (Phi) is 5.70. The van der Waals surface area contributed by atoms with Crippen molar-refractivity contribution in [1.82, 2.24) is 10.6 Å². The molecule has 0 saturated heterocycles. The summed E-state index contributed by atoms with van der Waals surface area (Å²) in [5.74, 6) is -0.963. The molecule has 26 heavy (non-hydrogen) atoms. The van der Waals surface area contributed by atoms with Crippen molar-refractivity contribution in [3.63, 3.8) is 0 Å². The normalized spacial score (nSPS) is 14.9. The molecule has 0 radical (unpaired) electrons. The molecule has 2 amide bonds. The maximum absolute atomic E-state index is 13.7. The molecule has 5 nitrogen and oxygen atoms in total. The summed E-state index contributed by atoms with van der Waals surface area (Å²) >= 11 is 0. The zero-order valence-corrected chi connectivity index (χ0v) is 15.8. The Balaban J connectivity index is 2.04. The first-order chi connectivity index (χ1) is 12.1. The van der Waals surface area contributed by atoms with Crippen LogP contribution in [0.4, 0.5) is 4.39 Å². The quantitative estimate of drug-likeness (QED) is 0.819. The smallest absolute Gasteiger partial charge is 0.230 e. The van der Waals surface area contributed by atoms with Gasteiger partial charge in [-0.1, -0.05) is 0 Å². The van der Waals surface area contributed by atoms with Crippen LogP contribution in [0.15, 0.2) is 18.2 Å². The molecule has 1 aromatic rings. The van der Waals surface area contributed by atoms with E-state index < -0.39 is 16.6 Å². The molecule has 1 saturated carbocycles. The monoisotopic (exact) mass is 359 g/mol. The molecule has 6 heteroatoms. The number of amides is 2. The van der Waals surface area contributed by atoms with Crippen LogP contribution in [0.2, 0.25) is 0 Å². The van der Waals surface area contributed by atoms with Gasteiger partial charge in [0.15, 0.2) is 0 Å². The van der Waals surface area contributed by atoms with Crippen LogP contribution in [0, 0.1) is 22.6 Å². The molecule has 0 bridgehead atoms. The highest BCUT2D eigenvalue weighted by molar-refractivity contribution is 5.88. The third-order valence-electron chi connectivity index (χ3n) is 5.06. The van der Waals surface area contributed by atoms with Gasteiger partial charge in [-0.25, -0.2) is 4.39 Å². The Hall–Kier alpha value is -2.42. The third kappa shape index (κ3) is 4.40. The summed E-state index contributed by atoms with van der Waals surface area (Å²) < 4.78 is 13.7. The number of halogens is 1. The van der Waals surface area contributed by atoms with Crippen molar-refractivity contribution in [2.75, 3.05) is 6.54 Å². The van der Waals surface area contributed by atoms with Crippen molar-refractivity contribution >= 4 is 11.8 Å². The predicted octanol–water partition coefficient (Wildman–Crippen LogP) is 2.79. The summed E-state index contributed by atoms with van der Waals surface area (Å²) in [5, 5.41) is 14.8. The molecule has 0 spiro atoms. The Morgan fingerprint density at radius 1 is 1.19 bits per heavy atom. The van der Waals surface area contributed by atoms with E-state index in [0.29, 0.717) is 5.56 Å². The van der Waals surface area contributed by atoms with Gasteiger partial charge in [-0.05, 0) is 70.7 Å². The van der Waals surface area contributed by atoms with E-state index in [1.807, 2.05) is 6.07 Å². The van der Waals surface area contributed by atoms with Gasteiger partial charge in [0, 0.05) is 12.6 Å². The van der Waals surface area contributed by atoms with E-state index in [1.54, 1.807) is 27.7 Å². The van der Waals surface area contributed by atoms with Gasteiger partial charge < -0.3 is 10.6 Å². The maximum Gasteiger partial charge on any atom is 0.230 e. The number of nitrogens with one attached hydrogen (secondary N) is 2. The second-order valence-electron chi connectivity index (χ2n) is 8.13. The summed E-state index contributed by atoms with van der Waals surface area (Å²) in [4.78, 5) is 25.1. The molecule has 0 heterocycles. The third-order valence-corrected chi connectivity index (χ3v) is 5.06. The van der Waals surface area contributed by atoms with Crippen LogP contribution in [-0.4, -0.2) is 24.4 Å². The number of benzene rings is 1. The lowest BCUT2D eigenvalue weighted by Gasteiger charge is -2.32. The van der Waals surface area contributed by atoms with Crippen molar-refractivity contribution in [3.8, 4) is 6.07 Å². The molecule has 1 aromatic carbocycles. The van der Waals surface area contributed by atoms with E-state index in [9.17, 15) is 14.0 Å². The van der Waals surface area contributed by atoms with Crippen LogP contribution in [-0.2, 0) is 15.0 Å². The molecule has 0 unspecified atom stereocenters. The number of carbonyl (C=O) groups is 2. The predicted molar refractivity (Wildman–Crippen MR) is 96.7 cm³/mol. The van der Waals surface area contributed by atoms with Gasteiger partial charge in [-0.3, -0.25) is 9.59 Å². The molecule has 2 rings (SSSR count). The maximum atomic E-state index is 13.7. The van der Waals surface area contributed by atoms with Crippen LogP contribution >= 0.6 is 0 Å². The lowest BCUT2D eigenvalue weighted by molar-refractivity contribution is -0.131. The average Bonchev–Trinajstić information content (AvgIpc) is 2.54. The largest absolute Gasteiger partial charge is 0.354 e. The number of rotatable bonds is 6. The van der Waals surface area contributed by atoms with Gasteiger partial charge in [0.2, 0.25) is 11.8 Å². The van der Waals surface area contributed by atoms with E-state index >= 15 is 0 Å². The first-order valence-electron chi connectivity index (χ1n) is 8.87. The van der Waals surface area contributed by atoms with Gasteiger partial charge in [-0.2, -0.15) is 5.26 Å². The molecule has 2 N–H and O–H groups in total. The molecular weight excluding hydrogens is 333 g/mol. The second kappa shape index (κ2) is 7.45. The van der Waals surface area contributed by atoms with Gasteiger partial charge in [0.25, 0.3) is 0 Å². The first kappa shape index (κ1) is 19.9. The number of nitrogens with zero attached hydrogens (tertiary/aromatic N) is 1. The highest BCUT2D eigenvalue weighted by Gasteiger charge is 2.35. The molecule has 0 atom stereocenters. The van der Waals surface area contributed by atoms with Crippen molar-refractivity contribution in [1.29, 1.82) is 5.26 Å². The lowest BCUT2D eigenvalue weighted by Crippen LogP contribution is -2.51. The van der Waals surface area contributed by atoms with Gasteiger partial charge in [0.1, 0.15) is 5.82 Å². The van der Waals surface area contributed by atoms with Gasteiger partial charge in [0.05, 0.1) is 22.5 Å². The zero-order valence-electron chi connectivity index (χ0n) is 15.8. The topological polar surface area (TPSA) is 82.0 Å². The Morgan fingerprint density at radius 3 is 2.38 bits per heavy atom. The highest BCUT2D eigenvalue weighted by Crippen LogP contribution is 2.26. The summed E-state index contributed by atoms with van der Waals surface area (Å²) in [5.41, 5.74) is -1.20. The van der Waals surface area contributed by atoms with Crippen molar-refractivity contribution in [2.45, 2.75) is 58.4 Å². The molecule has 140 valence electrons. The molecule has 1 fully saturated rings. The average molecular weight is 359 g/mol. The second-order valence-corrected chi connectivity index (χ2v) is 8.13. The van der Waals surface area contributed by atoms with Gasteiger partial charge >= 0.3 is 0 Å². The Bertz CT molecular complexity index is 746. The van der Waals surface area contributed by atoms with Crippen LogP contribution < -0.4 is 10.6 Å². The minimum absolute atomic E-state index is 0.0853. The van der Waals surface area contributed by atoms with E-state index in [-0.39, 0.29) is 30.0 Å². The minimum Gasteiger partial charge on any atom is -0.354 e. The summed E-state index contributed by atoms with van der Waals surface area (Å²) in [6, 6.07) is 6.04. The number of nitriles is 1.